The van der Waals surface area contributed by atoms with Gasteiger partial charge in [0.25, 0.3) is 0 Å². The highest BCUT2D eigenvalue weighted by molar-refractivity contribution is 5.84. The van der Waals surface area contributed by atoms with Gasteiger partial charge in [-0.3, -0.25) is 4.79 Å². The number of nitrogens with zero attached hydrogens (tertiary/aromatic N) is 2. The minimum atomic E-state index is 0.108. The second-order valence-electron chi connectivity index (χ2n) is 6.82. The maximum absolute atomic E-state index is 13.0. The molecule has 0 spiro atoms. The van der Waals surface area contributed by atoms with E-state index in [4.69, 9.17) is 9.47 Å². The zero-order valence-electron chi connectivity index (χ0n) is 15.8. The Morgan fingerprint density at radius 1 is 1.07 bits per heavy atom. The molecular formula is C22H24N2O3. The Kier molecular flexibility index (Phi) is 4.75. The van der Waals surface area contributed by atoms with Crippen LogP contribution < -0.4 is 9.47 Å². The van der Waals surface area contributed by atoms with Crippen molar-refractivity contribution in [1.82, 2.24) is 9.47 Å². The number of hydrogen-bond acceptors (Lipinski definition) is 3. The molecule has 27 heavy (non-hydrogen) atoms. The van der Waals surface area contributed by atoms with Gasteiger partial charge in [0.1, 0.15) is 19.8 Å². The largest absolute Gasteiger partial charge is 0.486 e. The lowest BCUT2D eigenvalue weighted by Crippen LogP contribution is -2.33. The molecule has 0 saturated heterocycles. The maximum atomic E-state index is 13.0. The molecule has 3 aromatic rings. The number of likely N-dealkylation sites (N-methyl/N-ethyl adjacent to an activating group) is 1. The van der Waals surface area contributed by atoms with E-state index in [2.05, 4.69) is 22.8 Å². The van der Waals surface area contributed by atoms with Gasteiger partial charge in [0.15, 0.2) is 11.5 Å². The summed E-state index contributed by atoms with van der Waals surface area (Å²) in [6.07, 6.45) is 0. The predicted molar refractivity (Wildman–Crippen MR) is 105 cm³/mol. The Labute approximate surface area is 159 Å². The van der Waals surface area contributed by atoms with Crippen LogP contribution in [0.1, 0.15) is 18.2 Å². The van der Waals surface area contributed by atoms with Crippen LogP contribution in [0.3, 0.4) is 0 Å². The molecule has 0 saturated carbocycles. The molecule has 0 bridgehead atoms. The Morgan fingerprint density at radius 2 is 1.85 bits per heavy atom. The van der Waals surface area contributed by atoms with Crippen molar-refractivity contribution in [2.24, 2.45) is 0 Å². The predicted octanol–water partition coefficient (Wildman–Crippen LogP) is 3.77. The van der Waals surface area contributed by atoms with Gasteiger partial charge in [0.05, 0.1) is 0 Å². The summed E-state index contributed by atoms with van der Waals surface area (Å²) in [7, 11) is 0. The molecule has 0 atom stereocenters. The van der Waals surface area contributed by atoms with Crippen LogP contribution in [-0.2, 0) is 17.9 Å². The third-order valence-corrected chi connectivity index (χ3v) is 5.03. The molecule has 140 valence electrons. The van der Waals surface area contributed by atoms with Crippen molar-refractivity contribution in [3.8, 4) is 11.5 Å². The number of carbonyl (C=O) groups excluding carboxylic acids is 1. The zero-order valence-corrected chi connectivity index (χ0v) is 15.8. The van der Waals surface area contributed by atoms with Crippen LogP contribution in [0.2, 0.25) is 0 Å². The van der Waals surface area contributed by atoms with Crippen molar-refractivity contribution in [3.05, 3.63) is 59.8 Å². The van der Waals surface area contributed by atoms with Gasteiger partial charge in [-0.25, -0.2) is 0 Å². The van der Waals surface area contributed by atoms with E-state index in [0.717, 1.165) is 33.7 Å². The summed E-state index contributed by atoms with van der Waals surface area (Å²) in [5.74, 6) is 1.64. The van der Waals surface area contributed by atoms with Crippen LogP contribution in [-0.4, -0.2) is 35.1 Å². The highest BCUT2D eigenvalue weighted by Crippen LogP contribution is 2.31. The summed E-state index contributed by atoms with van der Waals surface area (Å²) in [6, 6.07) is 16.2. The van der Waals surface area contributed by atoms with Crippen LogP contribution in [0.5, 0.6) is 11.5 Å². The van der Waals surface area contributed by atoms with Crippen LogP contribution in [0.4, 0.5) is 0 Å². The first-order valence-electron chi connectivity index (χ1n) is 9.37. The molecule has 2 aromatic carbocycles. The fraction of sp³-hybridized carbons (Fsp3) is 0.318. The van der Waals surface area contributed by atoms with E-state index in [1.54, 1.807) is 0 Å². The molecule has 4 rings (SSSR count). The molecule has 1 aliphatic heterocycles. The Balaban J connectivity index is 1.52. The highest BCUT2D eigenvalue weighted by atomic mass is 16.6. The smallest absolute Gasteiger partial charge is 0.242 e. The second kappa shape index (κ2) is 7.35. The molecule has 5 nitrogen and oxygen atoms in total. The van der Waals surface area contributed by atoms with Crippen LogP contribution in [0.15, 0.2) is 48.5 Å². The molecule has 0 aliphatic carbocycles. The lowest BCUT2D eigenvalue weighted by atomic mass is 10.1. The van der Waals surface area contributed by atoms with E-state index in [9.17, 15) is 4.79 Å². The third-order valence-electron chi connectivity index (χ3n) is 5.03. The molecule has 0 radical (unpaired) electrons. The van der Waals surface area contributed by atoms with Gasteiger partial charge in [0.2, 0.25) is 5.91 Å². The lowest BCUT2D eigenvalue weighted by Gasteiger charge is -2.24. The third kappa shape index (κ3) is 3.50. The van der Waals surface area contributed by atoms with E-state index >= 15 is 0 Å². The fourth-order valence-electron chi connectivity index (χ4n) is 3.58. The quantitative estimate of drug-likeness (QED) is 0.692. The van der Waals surface area contributed by atoms with E-state index < -0.39 is 0 Å². The molecular weight excluding hydrogens is 340 g/mol. The monoisotopic (exact) mass is 364 g/mol. The Bertz CT molecular complexity index is 977. The average Bonchev–Trinajstić information content (AvgIpc) is 3.01. The van der Waals surface area contributed by atoms with Crippen molar-refractivity contribution in [3.63, 3.8) is 0 Å². The first-order valence-corrected chi connectivity index (χ1v) is 9.37. The molecule has 0 N–H and O–H groups in total. The van der Waals surface area contributed by atoms with Gasteiger partial charge in [-0.1, -0.05) is 24.3 Å². The Morgan fingerprint density at radius 3 is 2.67 bits per heavy atom. The molecule has 1 amide bonds. The molecule has 2 heterocycles. The lowest BCUT2D eigenvalue weighted by molar-refractivity contribution is -0.132. The summed E-state index contributed by atoms with van der Waals surface area (Å²) < 4.78 is 13.3. The zero-order chi connectivity index (χ0) is 18.8. The normalized spacial score (nSPS) is 13.0. The van der Waals surface area contributed by atoms with Crippen molar-refractivity contribution >= 4 is 16.8 Å². The second-order valence-corrected chi connectivity index (χ2v) is 6.82. The van der Waals surface area contributed by atoms with Gasteiger partial charge >= 0.3 is 0 Å². The average molecular weight is 364 g/mol. The number of ether oxygens (including phenoxy) is 2. The van der Waals surface area contributed by atoms with Crippen molar-refractivity contribution in [2.45, 2.75) is 26.9 Å². The number of aryl methyl sites for hydroxylation is 1. The maximum Gasteiger partial charge on any atom is 0.242 e. The number of amides is 1. The number of benzene rings is 2. The molecule has 1 aliphatic rings. The van der Waals surface area contributed by atoms with Crippen LogP contribution in [0, 0.1) is 6.92 Å². The van der Waals surface area contributed by atoms with E-state index in [1.165, 1.54) is 0 Å². The van der Waals surface area contributed by atoms with Crippen molar-refractivity contribution in [2.75, 3.05) is 19.8 Å². The highest BCUT2D eigenvalue weighted by Gasteiger charge is 2.17. The van der Waals surface area contributed by atoms with Crippen LogP contribution in [0.25, 0.3) is 10.9 Å². The summed E-state index contributed by atoms with van der Waals surface area (Å²) in [6.45, 7) is 6.76. The summed E-state index contributed by atoms with van der Waals surface area (Å²) in [5.41, 5.74) is 3.24. The van der Waals surface area contributed by atoms with E-state index in [1.807, 2.05) is 49.1 Å². The number of carbonyl (C=O) groups is 1. The minimum Gasteiger partial charge on any atom is -0.486 e. The minimum absolute atomic E-state index is 0.108. The number of fused-ring (bicyclic) bond motifs is 2. The first-order chi connectivity index (χ1) is 13.2. The van der Waals surface area contributed by atoms with Crippen molar-refractivity contribution in [1.29, 1.82) is 0 Å². The summed E-state index contributed by atoms with van der Waals surface area (Å²) >= 11 is 0. The van der Waals surface area contributed by atoms with E-state index in [0.29, 0.717) is 32.8 Å². The van der Waals surface area contributed by atoms with Crippen molar-refractivity contribution < 1.29 is 14.3 Å². The van der Waals surface area contributed by atoms with E-state index in [-0.39, 0.29) is 5.91 Å². The van der Waals surface area contributed by atoms with Crippen LogP contribution >= 0.6 is 0 Å². The standard InChI is InChI=1S/C22H24N2O3/c1-3-23(14-17-8-9-20-21(13-17)27-11-10-26-20)22(25)15-24-16(2)12-18-6-4-5-7-19(18)24/h4-9,12-13H,3,10-11,14-15H2,1-2H3. The van der Waals surface area contributed by atoms with Gasteiger partial charge < -0.3 is 18.9 Å². The van der Waals surface area contributed by atoms with Gasteiger partial charge in [0, 0.05) is 24.3 Å². The number of rotatable bonds is 5. The summed E-state index contributed by atoms with van der Waals surface area (Å²) in [4.78, 5) is 14.9. The summed E-state index contributed by atoms with van der Waals surface area (Å²) in [5, 5.41) is 1.16. The number of para-hydroxylation sites is 1. The SMILES string of the molecule is CCN(Cc1ccc2c(c1)OCCO2)C(=O)Cn1c(C)cc2ccccc21. The van der Waals surface area contributed by atoms with Gasteiger partial charge in [-0.15, -0.1) is 0 Å². The Hall–Kier alpha value is -2.95. The number of hydrogen-bond donors (Lipinski definition) is 0. The first kappa shape index (κ1) is 17.5. The molecule has 5 heteroatoms. The fourth-order valence-corrected chi connectivity index (χ4v) is 3.58. The molecule has 0 unspecified atom stereocenters. The van der Waals surface area contributed by atoms with Gasteiger partial charge in [-0.2, -0.15) is 0 Å². The topological polar surface area (TPSA) is 43.7 Å². The molecule has 1 aromatic heterocycles. The van der Waals surface area contributed by atoms with Gasteiger partial charge in [-0.05, 0) is 49.1 Å². The number of aromatic nitrogens is 1. The molecule has 0 fully saturated rings.